The van der Waals surface area contributed by atoms with Gasteiger partial charge in [-0.15, -0.1) is 0 Å². The normalized spacial score (nSPS) is 18.9. The monoisotopic (exact) mass is 223 g/mol. The fourth-order valence-electron chi connectivity index (χ4n) is 2.15. The number of hydrogen-bond acceptors (Lipinski definition) is 2. The molecule has 0 spiro atoms. The van der Waals surface area contributed by atoms with Crippen LogP contribution in [-0.4, -0.2) is 55.6 Å². The van der Waals surface area contributed by atoms with Crippen molar-refractivity contribution in [2.45, 2.75) is 26.7 Å². The van der Waals surface area contributed by atoms with Gasteiger partial charge in [0.25, 0.3) is 0 Å². The summed E-state index contributed by atoms with van der Waals surface area (Å²) in [6, 6.07) is 0. The highest BCUT2D eigenvalue weighted by atomic mass is 15.3. The van der Waals surface area contributed by atoms with Gasteiger partial charge >= 0.3 is 0 Å². The van der Waals surface area contributed by atoms with E-state index in [0.29, 0.717) is 6.54 Å². The van der Waals surface area contributed by atoms with E-state index in [9.17, 15) is 0 Å². The Hall–Kier alpha value is -0.590. The second-order valence-electron chi connectivity index (χ2n) is 5.10. The van der Waals surface area contributed by atoms with Crippen molar-refractivity contribution in [2.75, 3.05) is 45.8 Å². The molecule has 0 aromatic carbocycles. The highest BCUT2D eigenvalue weighted by molar-refractivity contribution is 4.74. The zero-order chi connectivity index (χ0) is 11.8. The lowest BCUT2D eigenvalue weighted by molar-refractivity contribution is 0.134. The Morgan fingerprint density at radius 2 is 1.62 bits per heavy atom. The molecule has 1 aliphatic rings. The van der Waals surface area contributed by atoms with Gasteiger partial charge in [0, 0.05) is 26.2 Å². The predicted molar refractivity (Wildman–Crippen MR) is 68.4 cm³/mol. The number of rotatable bonds is 6. The Morgan fingerprint density at radius 3 is 2.12 bits per heavy atom. The van der Waals surface area contributed by atoms with Gasteiger partial charge in [-0.2, -0.15) is 0 Å². The molecule has 1 rings (SSSR count). The largest absolute Gasteiger partial charge is 0.316 e. The fourth-order valence-corrected chi connectivity index (χ4v) is 2.15. The van der Waals surface area contributed by atoms with E-state index >= 15 is 0 Å². The van der Waals surface area contributed by atoms with Crippen molar-refractivity contribution in [3.05, 3.63) is 11.4 Å². The van der Waals surface area contributed by atoms with Crippen molar-refractivity contribution in [1.29, 1.82) is 0 Å². The number of nitrogens with zero attached hydrogens (tertiary/aromatic N) is 3. The Kier molecular flexibility index (Phi) is 6.44. The van der Waals surface area contributed by atoms with Gasteiger partial charge in [0.2, 0.25) is 6.54 Å². The van der Waals surface area contributed by atoms with Gasteiger partial charge in [0.05, 0.1) is 6.54 Å². The molecule has 1 saturated heterocycles. The van der Waals surface area contributed by atoms with Gasteiger partial charge < -0.3 is 9.74 Å². The minimum Gasteiger partial charge on any atom is -0.316 e. The summed E-state index contributed by atoms with van der Waals surface area (Å²) in [5, 5.41) is 0. The molecule has 1 heterocycles. The second kappa shape index (κ2) is 7.65. The molecule has 92 valence electrons. The van der Waals surface area contributed by atoms with Crippen LogP contribution in [0.2, 0.25) is 0 Å². The summed E-state index contributed by atoms with van der Waals surface area (Å²) >= 11 is 0. The van der Waals surface area contributed by atoms with Crippen LogP contribution in [0.4, 0.5) is 0 Å². The van der Waals surface area contributed by atoms with Crippen molar-refractivity contribution in [3.63, 3.8) is 0 Å². The first-order valence-corrected chi connectivity index (χ1v) is 6.50. The van der Waals surface area contributed by atoms with Crippen molar-refractivity contribution in [1.82, 2.24) is 9.80 Å². The molecule has 0 aliphatic carbocycles. The molecule has 0 N–H and O–H groups in total. The topological polar surface area (TPSA) is 10.8 Å². The lowest BCUT2D eigenvalue weighted by Crippen LogP contribution is -2.47. The molecular formula is C13H25N3. The molecule has 0 radical (unpaired) electrons. The minimum atomic E-state index is 0.660. The van der Waals surface area contributed by atoms with Gasteiger partial charge in [0.15, 0.2) is 0 Å². The van der Waals surface area contributed by atoms with Crippen molar-refractivity contribution >= 4 is 0 Å². The molecule has 3 nitrogen and oxygen atoms in total. The molecule has 0 bridgehead atoms. The first-order valence-electron chi connectivity index (χ1n) is 6.50. The van der Waals surface area contributed by atoms with E-state index in [1.54, 1.807) is 0 Å². The lowest BCUT2D eigenvalue weighted by atomic mass is 10.1. The molecule has 16 heavy (non-hydrogen) atoms. The van der Waals surface area contributed by atoms with E-state index in [1.807, 2.05) is 0 Å². The third kappa shape index (κ3) is 5.48. The molecule has 1 fully saturated rings. The molecule has 3 heteroatoms. The summed E-state index contributed by atoms with van der Waals surface area (Å²) in [5.41, 5.74) is 0. The summed E-state index contributed by atoms with van der Waals surface area (Å²) in [7, 11) is 0. The molecule has 0 atom stereocenters. The van der Waals surface area contributed by atoms with Gasteiger partial charge in [0.1, 0.15) is 0 Å². The summed E-state index contributed by atoms with van der Waals surface area (Å²) in [6.07, 6.45) is 2.68. The van der Waals surface area contributed by atoms with Crippen molar-refractivity contribution < 1.29 is 0 Å². The Labute approximate surface area is 100 Å². The Bertz CT molecular complexity index is 212. The smallest absolute Gasteiger partial charge is 0.227 e. The van der Waals surface area contributed by atoms with Gasteiger partial charge in [-0.05, 0) is 25.3 Å². The highest BCUT2D eigenvalue weighted by Gasteiger charge is 2.16. The fraction of sp³-hybridized carbons (Fsp3) is 0.923. The predicted octanol–water partition coefficient (Wildman–Crippen LogP) is 1.96. The molecule has 0 aromatic rings. The van der Waals surface area contributed by atoms with Crippen LogP contribution >= 0.6 is 0 Å². The Balaban J connectivity index is 2.05. The SMILES string of the molecule is [C-]#[N+]CCN1CCN(CCCC(C)C)CC1. The molecule has 0 amide bonds. The first kappa shape index (κ1) is 13.5. The van der Waals surface area contributed by atoms with Crippen LogP contribution in [0.25, 0.3) is 4.85 Å². The Morgan fingerprint density at radius 1 is 1.06 bits per heavy atom. The van der Waals surface area contributed by atoms with E-state index in [-0.39, 0.29) is 0 Å². The standard InChI is InChI=1S/C13H25N3/c1-13(2)5-4-7-15-9-11-16(12-10-15)8-6-14-3/h13H,4-12H2,1-2H3. The summed E-state index contributed by atoms with van der Waals surface area (Å²) in [4.78, 5) is 8.39. The summed E-state index contributed by atoms with van der Waals surface area (Å²) in [5.74, 6) is 0.833. The van der Waals surface area contributed by atoms with Gasteiger partial charge in [-0.25, -0.2) is 6.57 Å². The van der Waals surface area contributed by atoms with Crippen LogP contribution in [-0.2, 0) is 0 Å². The maximum absolute atomic E-state index is 6.78. The molecule has 1 aliphatic heterocycles. The van der Waals surface area contributed by atoms with E-state index in [4.69, 9.17) is 6.57 Å². The van der Waals surface area contributed by atoms with Crippen LogP contribution in [0.3, 0.4) is 0 Å². The number of hydrogen-bond donors (Lipinski definition) is 0. The average Bonchev–Trinajstić information content (AvgIpc) is 2.27. The lowest BCUT2D eigenvalue weighted by Gasteiger charge is -2.33. The minimum absolute atomic E-state index is 0.660. The molecule has 0 saturated carbocycles. The van der Waals surface area contributed by atoms with Crippen LogP contribution in [0.1, 0.15) is 26.7 Å². The second-order valence-corrected chi connectivity index (χ2v) is 5.10. The summed E-state index contributed by atoms with van der Waals surface area (Å²) < 4.78 is 0. The quantitative estimate of drug-likeness (QED) is 0.637. The summed E-state index contributed by atoms with van der Waals surface area (Å²) in [6.45, 7) is 18.9. The van der Waals surface area contributed by atoms with E-state index < -0.39 is 0 Å². The van der Waals surface area contributed by atoms with E-state index in [1.165, 1.54) is 32.5 Å². The third-order valence-electron chi connectivity index (χ3n) is 3.25. The van der Waals surface area contributed by atoms with Crippen LogP contribution < -0.4 is 0 Å². The van der Waals surface area contributed by atoms with Crippen molar-refractivity contribution in [2.24, 2.45) is 5.92 Å². The molecular weight excluding hydrogens is 198 g/mol. The zero-order valence-corrected chi connectivity index (χ0v) is 10.8. The molecule has 0 aromatic heterocycles. The van der Waals surface area contributed by atoms with E-state index in [2.05, 4.69) is 28.5 Å². The number of piperazine rings is 1. The van der Waals surface area contributed by atoms with E-state index in [0.717, 1.165) is 25.6 Å². The first-order chi connectivity index (χ1) is 7.72. The maximum atomic E-state index is 6.78. The van der Waals surface area contributed by atoms with Gasteiger partial charge in [-0.1, -0.05) is 13.8 Å². The zero-order valence-electron chi connectivity index (χ0n) is 10.8. The van der Waals surface area contributed by atoms with Crippen LogP contribution in [0.5, 0.6) is 0 Å². The van der Waals surface area contributed by atoms with Crippen molar-refractivity contribution in [3.8, 4) is 0 Å². The maximum Gasteiger partial charge on any atom is 0.227 e. The highest BCUT2D eigenvalue weighted by Crippen LogP contribution is 2.07. The third-order valence-corrected chi connectivity index (χ3v) is 3.25. The van der Waals surface area contributed by atoms with Gasteiger partial charge in [-0.3, -0.25) is 4.90 Å². The molecule has 0 unspecified atom stereocenters. The average molecular weight is 223 g/mol. The van der Waals surface area contributed by atoms with Crippen LogP contribution in [0.15, 0.2) is 0 Å². The van der Waals surface area contributed by atoms with Crippen LogP contribution in [0, 0.1) is 12.5 Å².